The van der Waals surface area contributed by atoms with Crippen molar-refractivity contribution in [2.24, 2.45) is 5.73 Å². The molecule has 8 nitrogen and oxygen atoms in total. The van der Waals surface area contributed by atoms with Crippen LogP contribution in [0.3, 0.4) is 0 Å². The van der Waals surface area contributed by atoms with Crippen LogP contribution in [-0.2, 0) is 14.3 Å². The summed E-state index contributed by atoms with van der Waals surface area (Å²) in [4.78, 5) is 35.4. The lowest BCUT2D eigenvalue weighted by molar-refractivity contribution is -0.137. The third kappa shape index (κ3) is 5.99. The van der Waals surface area contributed by atoms with Gasteiger partial charge in [0.1, 0.15) is 0 Å². The molecule has 1 aliphatic heterocycles. The lowest BCUT2D eigenvalue weighted by atomic mass is 10.0. The molecular formula is C13H23N3O5. The molecule has 1 unspecified atom stereocenters. The number of carbonyl (C=O) groups is 3. The molecule has 1 heterocycles. The fourth-order valence-electron chi connectivity index (χ4n) is 2.14. The molecule has 8 heteroatoms. The second-order valence-electron chi connectivity index (χ2n) is 5.01. The number of carbonyl (C=O) groups excluding carboxylic acids is 2. The first-order valence-electron chi connectivity index (χ1n) is 7.13. The van der Waals surface area contributed by atoms with Crippen LogP contribution in [0.25, 0.3) is 0 Å². The molecule has 0 radical (unpaired) electrons. The van der Waals surface area contributed by atoms with Crippen LogP contribution in [0, 0.1) is 0 Å². The number of aliphatic carboxylic acids is 1. The lowest BCUT2D eigenvalue weighted by Gasteiger charge is -2.32. The summed E-state index contributed by atoms with van der Waals surface area (Å²) in [5, 5.41) is 11.4. The number of nitrogens with zero attached hydrogens (tertiary/aromatic N) is 1. The number of ether oxygens (including phenoxy) is 1. The van der Waals surface area contributed by atoms with Crippen molar-refractivity contribution in [2.75, 3.05) is 19.7 Å². The van der Waals surface area contributed by atoms with Crippen molar-refractivity contribution < 1.29 is 24.2 Å². The molecule has 4 N–H and O–H groups in total. The van der Waals surface area contributed by atoms with Gasteiger partial charge < -0.3 is 25.8 Å². The number of likely N-dealkylation sites (tertiary alicyclic amines) is 1. The van der Waals surface area contributed by atoms with E-state index in [0.717, 1.165) is 0 Å². The zero-order chi connectivity index (χ0) is 15.8. The summed E-state index contributed by atoms with van der Waals surface area (Å²) in [5.74, 6) is -1.31. The monoisotopic (exact) mass is 301 g/mol. The van der Waals surface area contributed by atoms with Gasteiger partial charge in [-0.05, 0) is 26.2 Å². The Morgan fingerprint density at radius 1 is 1.38 bits per heavy atom. The number of amides is 2. The summed E-state index contributed by atoms with van der Waals surface area (Å²) in [6.07, 6.45) is 0.922. The minimum atomic E-state index is -0.971. The van der Waals surface area contributed by atoms with Crippen LogP contribution in [0.15, 0.2) is 0 Å². The van der Waals surface area contributed by atoms with Gasteiger partial charge in [0.2, 0.25) is 5.91 Å². The average Bonchev–Trinajstić information content (AvgIpc) is 2.45. The van der Waals surface area contributed by atoms with Gasteiger partial charge in [0.25, 0.3) is 0 Å². The fourth-order valence-corrected chi connectivity index (χ4v) is 2.14. The third-order valence-electron chi connectivity index (χ3n) is 3.37. The van der Waals surface area contributed by atoms with E-state index in [1.807, 2.05) is 0 Å². The number of carboxylic acid groups (broad SMARTS) is 1. The van der Waals surface area contributed by atoms with E-state index in [2.05, 4.69) is 5.32 Å². The van der Waals surface area contributed by atoms with Crippen molar-refractivity contribution in [3.63, 3.8) is 0 Å². The zero-order valence-corrected chi connectivity index (χ0v) is 12.2. The second kappa shape index (κ2) is 8.46. The maximum absolute atomic E-state index is 11.8. The Bertz CT molecular complexity index is 380. The second-order valence-corrected chi connectivity index (χ2v) is 5.01. The lowest BCUT2D eigenvalue weighted by Crippen LogP contribution is -2.50. The Balaban J connectivity index is 2.30. The predicted octanol–water partition coefficient (Wildman–Crippen LogP) is -0.0844. The highest BCUT2D eigenvalue weighted by molar-refractivity contribution is 5.82. The molecule has 0 spiro atoms. The van der Waals surface area contributed by atoms with E-state index in [9.17, 15) is 14.4 Å². The zero-order valence-electron chi connectivity index (χ0n) is 12.2. The Morgan fingerprint density at radius 3 is 2.52 bits per heavy atom. The number of carboxylic acids is 1. The van der Waals surface area contributed by atoms with Gasteiger partial charge in [0, 0.05) is 25.6 Å². The smallest absolute Gasteiger partial charge is 0.409 e. The first-order valence-corrected chi connectivity index (χ1v) is 7.13. The van der Waals surface area contributed by atoms with Gasteiger partial charge in [-0.25, -0.2) is 4.79 Å². The summed E-state index contributed by atoms with van der Waals surface area (Å²) >= 11 is 0. The Labute approximate surface area is 123 Å². The maximum atomic E-state index is 11.8. The third-order valence-corrected chi connectivity index (χ3v) is 3.37. The van der Waals surface area contributed by atoms with Gasteiger partial charge in [-0.2, -0.15) is 0 Å². The number of rotatable bonds is 6. The van der Waals surface area contributed by atoms with Crippen molar-refractivity contribution in [1.82, 2.24) is 10.2 Å². The van der Waals surface area contributed by atoms with Crippen LogP contribution >= 0.6 is 0 Å². The highest BCUT2D eigenvalue weighted by Gasteiger charge is 2.26. The number of nitrogens with two attached hydrogens (primary N) is 1. The van der Waals surface area contributed by atoms with Crippen LogP contribution in [-0.4, -0.2) is 59.8 Å². The average molecular weight is 301 g/mol. The van der Waals surface area contributed by atoms with Crippen molar-refractivity contribution in [3.05, 3.63) is 0 Å². The molecule has 2 amide bonds. The molecule has 1 aliphatic rings. The number of hydrogen-bond donors (Lipinski definition) is 3. The van der Waals surface area contributed by atoms with Crippen LogP contribution in [0.4, 0.5) is 4.79 Å². The van der Waals surface area contributed by atoms with Crippen molar-refractivity contribution in [3.8, 4) is 0 Å². The Hall–Kier alpha value is -1.83. The molecule has 0 aromatic carbocycles. The van der Waals surface area contributed by atoms with Crippen molar-refractivity contribution in [1.29, 1.82) is 0 Å². The summed E-state index contributed by atoms with van der Waals surface area (Å²) in [7, 11) is 0. The van der Waals surface area contributed by atoms with Crippen LogP contribution in [0.5, 0.6) is 0 Å². The summed E-state index contributed by atoms with van der Waals surface area (Å²) < 4.78 is 4.91. The van der Waals surface area contributed by atoms with E-state index < -0.39 is 12.0 Å². The van der Waals surface area contributed by atoms with Gasteiger partial charge in [-0.3, -0.25) is 9.59 Å². The first-order chi connectivity index (χ1) is 9.93. The van der Waals surface area contributed by atoms with E-state index in [4.69, 9.17) is 15.6 Å². The summed E-state index contributed by atoms with van der Waals surface area (Å²) in [6.45, 7) is 3.14. The highest BCUT2D eigenvalue weighted by atomic mass is 16.6. The summed E-state index contributed by atoms with van der Waals surface area (Å²) in [5.41, 5.74) is 5.64. The molecule has 0 aromatic heterocycles. The largest absolute Gasteiger partial charge is 0.481 e. The highest BCUT2D eigenvalue weighted by Crippen LogP contribution is 2.12. The van der Waals surface area contributed by atoms with Crippen LogP contribution < -0.4 is 11.1 Å². The molecule has 0 bridgehead atoms. The number of nitrogens with one attached hydrogen (secondary N) is 1. The fraction of sp³-hybridized carbons (Fsp3) is 0.769. The van der Waals surface area contributed by atoms with E-state index in [1.54, 1.807) is 11.8 Å². The molecule has 120 valence electrons. The Kier molecular flexibility index (Phi) is 6.93. The normalized spacial score (nSPS) is 17.1. The van der Waals surface area contributed by atoms with Crippen LogP contribution in [0.1, 0.15) is 32.6 Å². The molecule has 0 aromatic rings. The molecule has 0 aliphatic carbocycles. The van der Waals surface area contributed by atoms with Crippen molar-refractivity contribution >= 4 is 18.0 Å². The van der Waals surface area contributed by atoms with E-state index in [1.165, 1.54) is 0 Å². The topological polar surface area (TPSA) is 122 Å². The summed E-state index contributed by atoms with van der Waals surface area (Å²) in [6, 6.07) is -0.858. The van der Waals surface area contributed by atoms with Gasteiger partial charge in [0.15, 0.2) is 0 Å². The minimum Gasteiger partial charge on any atom is -0.481 e. The van der Waals surface area contributed by atoms with Gasteiger partial charge in [-0.15, -0.1) is 0 Å². The molecule has 1 atom stereocenters. The predicted molar refractivity (Wildman–Crippen MR) is 74.6 cm³/mol. The van der Waals surface area contributed by atoms with Gasteiger partial charge >= 0.3 is 12.1 Å². The SMILES string of the molecule is CCOC(=O)N1CCC(NC(=O)C(N)CCC(=O)O)CC1. The van der Waals surface area contributed by atoms with Crippen LogP contribution in [0.2, 0.25) is 0 Å². The molecule has 1 fully saturated rings. The van der Waals surface area contributed by atoms with E-state index in [0.29, 0.717) is 32.5 Å². The number of piperidine rings is 1. The van der Waals surface area contributed by atoms with Gasteiger partial charge in [-0.1, -0.05) is 0 Å². The number of hydrogen-bond acceptors (Lipinski definition) is 5. The molecule has 1 saturated heterocycles. The molecule has 0 saturated carbocycles. The minimum absolute atomic E-state index is 0.0425. The van der Waals surface area contributed by atoms with Crippen molar-refractivity contribution in [2.45, 2.75) is 44.7 Å². The standard InChI is InChI=1S/C13H23N3O5/c1-2-21-13(20)16-7-5-9(6-8-16)15-12(19)10(14)3-4-11(17)18/h9-10H,2-8,14H2,1H3,(H,15,19)(H,17,18). The van der Waals surface area contributed by atoms with E-state index >= 15 is 0 Å². The maximum Gasteiger partial charge on any atom is 0.409 e. The quantitative estimate of drug-likeness (QED) is 0.630. The molecular weight excluding hydrogens is 278 g/mol. The Morgan fingerprint density at radius 2 is 2.00 bits per heavy atom. The molecule has 21 heavy (non-hydrogen) atoms. The van der Waals surface area contributed by atoms with Gasteiger partial charge in [0.05, 0.1) is 12.6 Å². The van der Waals surface area contributed by atoms with E-state index in [-0.39, 0.29) is 30.9 Å². The molecule has 1 rings (SSSR count). The first kappa shape index (κ1) is 17.2.